The first-order valence-electron chi connectivity index (χ1n) is 10.8. The molecule has 0 aliphatic rings. The van der Waals surface area contributed by atoms with Crippen LogP contribution in [0.25, 0.3) is 17.0 Å². The minimum atomic E-state index is -0.757. The molecule has 10 nitrogen and oxygen atoms in total. The number of ether oxygens (including phenoxy) is 4. The van der Waals surface area contributed by atoms with E-state index in [1.807, 2.05) is 0 Å². The monoisotopic (exact) mass is 481 g/mol. The van der Waals surface area contributed by atoms with Crippen molar-refractivity contribution in [2.24, 2.45) is 0 Å². The number of amides is 1. The second-order valence-corrected chi connectivity index (χ2v) is 7.38. The zero-order chi connectivity index (χ0) is 24.8. The summed E-state index contributed by atoms with van der Waals surface area (Å²) in [7, 11) is 3.14. The number of fused-ring (bicyclic) bond motifs is 1. The SMILES string of the molecule is COc1ccc(OC)c(-c2nnc3ccc(OCCNC(=O)C(C)Oc4ccc(F)cc4)nn23)c1. The third kappa shape index (κ3) is 5.57. The van der Waals surface area contributed by atoms with Crippen molar-refractivity contribution in [1.29, 1.82) is 0 Å². The van der Waals surface area contributed by atoms with E-state index in [0.717, 1.165) is 0 Å². The Hall–Kier alpha value is -4.41. The maximum absolute atomic E-state index is 13.0. The van der Waals surface area contributed by atoms with Gasteiger partial charge in [0.25, 0.3) is 5.91 Å². The maximum Gasteiger partial charge on any atom is 0.260 e. The molecule has 0 aliphatic heterocycles. The Kier molecular flexibility index (Phi) is 7.24. The molecule has 0 spiro atoms. The number of benzene rings is 2. The number of carbonyl (C=O) groups is 1. The van der Waals surface area contributed by atoms with Crippen molar-refractivity contribution >= 4 is 11.6 Å². The van der Waals surface area contributed by atoms with Crippen molar-refractivity contribution in [3.8, 4) is 34.5 Å². The summed E-state index contributed by atoms with van der Waals surface area (Å²) in [6.45, 7) is 2.01. The van der Waals surface area contributed by atoms with Gasteiger partial charge in [-0.25, -0.2) is 4.39 Å². The molecule has 35 heavy (non-hydrogen) atoms. The molecule has 1 unspecified atom stereocenters. The topological polar surface area (TPSA) is 109 Å². The number of nitrogens with one attached hydrogen (secondary N) is 1. The molecule has 0 radical (unpaired) electrons. The lowest BCUT2D eigenvalue weighted by Crippen LogP contribution is -2.38. The van der Waals surface area contributed by atoms with Crippen LogP contribution in [0.15, 0.2) is 54.6 Å². The average Bonchev–Trinajstić information content (AvgIpc) is 3.30. The van der Waals surface area contributed by atoms with Gasteiger partial charge in [0.05, 0.1) is 26.3 Å². The molecule has 1 atom stereocenters. The van der Waals surface area contributed by atoms with Gasteiger partial charge in [0, 0.05) is 6.07 Å². The second kappa shape index (κ2) is 10.7. The molecule has 0 bridgehead atoms. The van der Waals surface area contributed by atoms with Crippen molar-refractivity contribution < 1.29 is 28.1 Å². The molecule has 4 rings (SSSR count). The van der Waals surface area contributed by atoms with E-state index in [9.17, 15) is 9.18 Å². The molecule has 2 heterocycles. The largest absolute Gasteiger partial charge is 0.497 e. The quantitative estimate of drug-likeness (QED) is 0.345. The van der Waals surface area contributed by atoms with Crippen molar-refractivity contribution in [3.05, 3.63) is 60.4 Å². The zero-order valence-electron chi connectivity index (χ0n) is 19.4. The predicted octanol–water partition coefficient (Wildman–Crippen LogP) is 2.91. The van der Waals surface area contributed by atoms with E-state index in [1.165, 1.54) is 24.3 Å². The van der Waals surface area contributed by atoms with Crippen LogP contribution in [0.2, 0.25) is 0 Å². The first kappa shape index (κ1) is 23.7. The number of methoxy groups -OCH3 is 2. The third-order valence-corrected chi connectivity index (χ3v) is 5.03. The zero-order valence-corrected chi connectivity index (χ0v) is 19.4. The summed E-state index contributed by atoms with van der Waals surface area (Å²) in [4.78, 5) is 12.3. The third-order valence-electron chi connectivity index (χ3n) is 5.03. The Balaban J connectivity index is 1.37. The number of aromatic nitrogens is 4. The highest BCUT2D eigenvalue weighted by molar-refractivity contribution is 5.80. The molecule has 11 heteroatoms. The van der Waals surface area contributed by atoms with E-state index in [0.29, 0.717) is 40.2 Å². The van der Waals surface area contributed by atoms with E-state index >= 15 is 0 Å². The highest BCUT2D eigenvalue weighted by atomic mass is 19.1. The Labute approximate surface area is 200 Å². The van der Waals surface area contributed by atoms with Gasteiger partial charge in [-0.2, -0.15) is 4.52 Å². The van der Waals surface area contributed by atoms with Crippen LogP contribution in [0.3, 0.4) is 0 Å². The van der Waals surface area contributed by atoms with E-state index < -0.39 is 6.10 Å². The van der Waals surface area contributed by atoms with Crippen LogP contribution in [-0.4, -0.2) is 59.2 Å². The first-order valence-corrected chi connectivity index (χ1v) is 10.8. The minimum Gasteiger partial charge on any atom is -0.497 e. The highest BCUT2D eigenvalue weighted by Gasteiger charge is 2.17. The smallest absolute Gasteiger partial charge is 0.260 e. The Morgan fingerprint density at radius 3 is 2.54 bits per heavy atom. The van der Waals surface area contributed by atoms with Crippen LogP contribution >= 0.6 is 0 Å². The van der Waals surface area contributed by atoms with Crippen LogP contribution in [0.4, 0.5) is 4.39 Å². The summed E-state index contributed by atoms with van der Waals surface area (Å²) in [5.41, 5.74) is 1.18. The number of hydrogen-bond donors (Lipinski definition) is 1. The maximum atomic E-state index is 13.0. The molecule has 0 saturated heterocycles. The van der Waals surface area contributed by atoms with Crippen molar-refractivity contribution in [2.45, 2.75) is 13.0 Å². The van der Waals surface area contributed by atoms with Gasteiger partial charge in [-0.05, 0) is 55.5 Å². The molecule has 4 aromatic rings. The standard InChI is InChI=1S/C24H24FN5O5/c1-15(35-17-6-4-16(25)5-7-17)24(31)26-12-13-34-22-11-10-21-27-28-23(30(21)29-22)19-14-18(32-2)8-9-20(19)33-3/h4-11,14-15H,12-13H2,1-3H3,(H,26,31). The van der Waals surface area contributed by atoms with Crippen molar-refractivity contribution in [2.75, 3.05) is 27.4 Å². The van der Waals surface area contributed by atoms with Gasteiger partial charge < -0.3 is 24.3 Å². The molecule has 2 aromatic carbocycles. The fourth-order valence-corrected chi connectivity index (χ4v) is 3.25. The molecule has 0 aliphatic carbocycles. The van der Waals surface area contributed by atoms with Gasteiger partial charge in [-0.3, -0.25) is 4.79 Å². The van der Waals surface area contributed by atoms with Crippen LogP contribution in [-0.2, 0) is 4.79 Å². The van der Waals surface area contributed by atoms with Crippen molar-refractivity contribution in [3.63, 3.8) is 0 Å². The molecular formula is C24H24FN5O5. The normalized spacial score (nSPS) is 11.7. The van der Waals surface area contributed by atoms with Crippen LogP contribution in [0.1, 0.15) is 6.92 Å². The number of hydrogen-bond acceptors (Lipinski definition) is 8. The van der Waals surface area contributed by atoms with Crippen molar-refractivity contribution in [1.82, 2.24) is 25.1 Å². The Bertz CT molecular complexity index is 1310. The fraction of sp³-hybridized carbons (Fsp3) is 0.250. The molecule has 0 saturated carbocycles. The number of halogens is 1. The summed E-state index contributed by atoms with van der Waals surface area (Å²) in [6, 6.07) is 14.2. The molecule has 1 amide bonds. The number of nitrogens with zero attached hydrogens (tertiary/aromatic N) is 4. The average molecular weight is 481 g/mol. The van der Waals surface area contributed by atoms with Gasteiger partial charge in [-0.1, -0.05) is 0 Å². The Morgan fingerprint density at radius 2 is 1.80 bits per heavy atom. The highest BCUT2D eigenvalue weighted by Crippen LogP contribution is 2.32. The van der Waals surface area contributed by atoms with Gasteiger partial charge in [-0.15, -0.1) is 15.3 Å². The summed E-state index contributed by atoms with van der Waals surface area (Å²) in [5.74, 6) is 1.71. The molecule has 182 valence electrons. The van der Waals surface area contributed by atoms with Gasteiger partial charge in [0.1, 0.15) is 29.7 Å². The van der Waals surface area contributed by atoms with E-state index in [1.54, 1.807) is 56.0 Å². The van der Waals surface area contributed by atoms with Gasteiger partial charge >= 0.3 is 0 Å². The molecule has 0 fully saturated rings. The summed E-state index contributed by atoms with van der Waals surface area (Å²) in [5, 5.41) is 15.6. The lowest BCUT2D eigenvalue weighted by Gasteiger charge is -2.15. The van der Waals surface area contributed by atoms with Gasteiger partial charge in [0.2, 0.25) is 5.88 Å². The molecule has 1 N–H and O–H groups in total. The number of carbonyl (C=O) groups excluding carboxylic acids is 1. The summed E-state index contributed by atoms with van der Waals surface area (Å²) in [6.07, 6.45) is -0.757. The van der Waals surface area contributed by atoms with Gasteiger partial charge in [0.15, 0.2) is 17.6 Å². The predicted molar refractivity (Wildman–Crippen MR) is 124 cm³/mol. The lowest BCUT2D eigenvalue weighted by molar-refractivity contribution is -0.127. The second-order valence-electron chi connectivity index (χ2n) is 7.38. The summed E-state index contributed by atoms with van der Waals surface area (Å²) >= 11 is 0. The minimum absolute atomic E-state index is 0.174. The van der Waals surface area contributed by atoms with E-state index in [2.05, 4.69) is 20.6 Å². The first-order chi connectivity index (χ1) is 17.0. The Morgan fingerprint density at radius 1 is 1.03 bits per heavy atom. The van der Waals surface area contributed by atoms with Crippen LogP contribution < -0.4 is 24.3 Å². The van der Waals surface area contributed by atoms with E-state index in [4.69, 9.17) is 18.9 Å². The number of rotatable bonds is 10. The summed E-state index contributed by atoms with van der Waals surface area (Å²) < 4.78 is 36.5. The van der Waals surface area contributed by atoms with Crippen LogP contribution in [0.5, 0.6) is 23.1 Å². The van der Waals surface area contributed by atoms with E-state index in [-0.39, 0.29) is 24.9 Å². The molecule has 2 aromatic heterocycles. The fourth-order valence-electron chi connectivity index (χ4n) is 3.25. The van der Waals surface area contributed by atoms with Crippen LogP contribution in [0, 0.1) is 5.82 Å². The molecular weight excluding hydrogens is 457 g/mol. The lowest BCUT2D eigenvalue weighted by atomic mass is 10.2.